The molecule has 0 aliphatic heterocycles. The normalized spacial score (nSPS) is 12.9. The Morgan fingerprint density at radius 1 is 1.15 bits per heavy atom. The highest BCUT2D eigenvalue weighted by Crippen LogP contribution is 2.25. The molecule has 0 saturated carbocycles. The Labute approximate surface area is 131 Å². The number of halogens is 1. The second-order valence-electron chi connectivity index (χ2n) is 4.38. The number of hydrogen-bond acceptors (Lipinski definition) is 3. The van der Waals surface area contributed by atoms with Crippen molar-refractivity contribution in [2.24, 2.45) is 10.9 Å². The summed E-state index contributed by atoms with van der Waals surface area (Å²) in [6, 6.07) is 18.0. The molecule has 104 valence electrons. The van der Waals surface area contributed by atoms with Gasteiger partial charge in [0.1, 0.15) is 5.84 Å². The fourth-order valence-corrected chi connectivity index (χ4v) is 2.50. The summed E-state index contributed by atoms with van der Waals surface area (Å²) < 4.78 is 1.13. The van der Waals surface area contributed by atoms with Crippen LogP contribution in [0.3, 0.4) is 0 Å². The van der Waals surface area contributed by atoms with Crippen molar-refractivity contribution in [3.05, 3.63) is 63.7 Å². The van der Waals surface area contributed by atoms with Crippen LogP contribution < -0.4 is 11.1 Å². The summed E-state index contributed by atoms with van der Waals surface area (Å²) in [6.07, 6.45) is 0.436. The molecule has 2 aromatic rings. The number of oxime groups is 1. The molecule has 1 unspecified atom stereocenters. The Kier molecular flexibility index (Phi) is 5.23. The van der Waals surface area contributed by atoms with Gasteiger partial charge >= 0.3 is 0 Å². The van der Waals surface area contributed by atoms with E-state index in [1.54, 1.807) is 0 Å². The average molecular weight is 381 g/mol. The third-order valence-electron chi connectivity index (χ3n) is 2.95. The van der Waals surface area contributed by atoms with Crippen LogP contribution in [0.4, 0.5) is 5.69 Å². The minimum absolute atomic E-state index is 0.0389. The first-order valence-corrected chi connectivity index (χ1v) is 7.31. The molecule has 0 aromatic heterocycles. The van der Waals surface area contributed by atoms with E-state index in [2.05, 4.69) is 33.1 Å². The second-order valence-corrected chi connectivity index (χ2v) is 5.55. The Morgan fingerprint density at radius 3 is 2.45 bits per heavy atom. The third kappa shape index (κ3) is 3.86. The highest BCUT2D eigenvalue weighted by Gasteiger charge is 2.14. The van der Waals surface area contributed by atoms with Crippen molar-refractivity contribution < 1.29 is 5.21 Å². The van der Waals surface area contributed by atoms with E-state index in [1.165, 1.54) is 0 Å². The smallest absolute Gasteiger partial charge is 0.141 e. The molecular formula is C15H16IN3O. The van der Waals surface area contributed by atoms with Crippen molar-refractivity contribution in [2.75, 3.05) is 5.32 Å². The van der Waals surface area contributed by atoms with Gasteiger partial charge in [0.05, 0.1) is 6.04 Å². The van der Waals surface area contributed by atoms with E-state index in [-0.39, 0.29) is 11.9 Å². The molecule has 4 N–H and O–H groups in total. The Bertz CT molecular complexity index is 587. The number of hydrogen-bond donors (Lipinski definition) is 3. The van der Waals surface area contributed by atoms with Gasteiger partial charge in [-0.2, -0.15) is 0 Å². The van der Waals surface area contributed by atoms with E-state index < -0.39 is 0 Å². The summed E-state index contributed by atoms with van der Waals surface area (Å²) in [6.45, 7) is 0. The number of anilines is 1. The summed E-state index contributed by atoms with van der Waals surface area (Å²) >= 11 is 2.28. The maximum absolute atomic E-state index is 8.78. The average Bonchev–Trinajstić information content (AvgIpc) is 2.49. The van der Waals surface area contributed by atoms with Crippen LogP contribution in [-0.4, -0.2) is 11.0 Å². The highest BCUT2D eigenvalue weighted by molar-refractivity contribution is 14.1. The Morgan fingerprint density at radius 2 is 1.80 bits per heavy atom. The minimum Gasteiger partial charge on any atom is -0.409 e. The van der Waals surface area contributed by atoms with Crippen LogP contribution in [0, 0.1) is 3.57 Å². The summed E-state index contributed by atoms with van der Waals surface area (Å²) in [5.74, 6) is 0.206. The van der Waals surface area contributed by atoms with E-state index in [4.69, 9.17) is 10.9 Å². The standard InChI is InChI=1S/C15H16IN3O/c16-12-8-4-5-9-13(12)18-14(10-15(17)19-20)11-6-2-1-3-7-11/h1-9,14,18,20H,10H2,(H2,17,19). The van der Waals surface area contributed by atoms with Crippen molar-refractivity contribution in [1.29, 1.82) is 0 Å². The lowest BCUT2D eigenvalue weighted by molar-refractivity contribution is 0.316. The predicted octanol–water partition coefficient (Wildman–Crippen LogP) is 3.58. The first-order valence-electron chi connectivity index (χ1n) is 6.23. The number of rotatable bonds is 5. The Hall–Kier alpha value is -1.76. The van der Waals surface area contributed by atoms with Crippen LogP contribution in [0.5, 0.6) is 0 Å². The zero-order valence-electron chi connectivity index (χ0n) is 10.8. The molecule has 0 heterocycles. The van der Waals surface area contributed by atoms with Gasteiger partial charge in [-0.05, 0) is 40.3 Å². The van der Waals surface area contributed by atoms with Crippen LogP contribution >= 0.6 is 22.6 Å². The number of amidine groups is 1. The van der Waals surface area contributed by atoms with Crippen LogP contribution in [-0.2, 0) is 0 Å². The fraction of sp³-hybridized carbons (Fsp3) is 0.133. The third-order valence-corrected chi connectivity index (χ3v) is 3.89. The molecule has 20 heavy (non-hydrogen) atoms. The van der Waals surface area contributed by atoms with Gasteiger partial charge in [0.15, 0.2) is 0 Å². The molecule has 0 bridgehead atoms. The van der Waals surface area contributed by atoms with Gasteiger partial charge in [-0.3, -0.25) is 0 Å². The summed E-state index contributed by atoms with van der Waals surface area (Å²) in [5.41, 5.74) is 7.79. The number of para-hydroxylation sites is 1. The summed E-state index contributed by atoms with van der Waals surface area (Å²) in [7, 11) is 0. The van der Waals surface area contributed by atoms with Crippen molar-refractivity contribution >= 4 is 34.1 Å². The van der Waals surface area contributed by atoms with Gasteiger partial charge in [0.25, 0.3) is 0 Å². The first-order chi connectivity index (χ1) is 9.70. The van der Waals surface area contributed by atoms with Gasteiger partial charge in [-0.15, -0.1) is 0 Å². The lowest BCUT2D eigenvalue weighted by atomic mass is 10.0. The molecule has 0 radical (unpaired) electrons. The lowest BCUT2D eigenvalue weighted by Gasteiger charge is -2.20. The van der Waals surface area contributed by atoms with E-state index in [0.717, 1.165) is 14.8 Å². The SMILES string of the molecule is NC(CC(Nc1ccccc1I)c1ccccc1)=NO. The van der Waals surface area contributed by atoms with Gasteiger partial charge < -0.3 is 16.3 Å². The molecule has 2 aromatic carbocycles. The molecule has 0 saturated heterocycles. The molecule has 1 atom stereocenters. The van der Waals surface area contributed by atoms with Crippen LogP contribution in [0.2, 0.25) is 0 Å². The molecule has 0 spiro atoms. The quantitative estimate of drug-likeness (QED) is 0.244. The molecule has 2 rings (SSSR count). The molecular weight excluding hydrogens is 365 g/mol. The molecule has 5 heteroatoms. The van der Waals surface area contributed by atoms with Gasteiger partial charge in [0.2, 0.25) is 0 Å². The molecule has 4 nitrogen and oxygen atoms in total. The summed E-state index contributed by atoms with van der Waals surface area (Å²) in [4.78, 5) is 0. The second kappa shape index (κ2) is 7.14. The van der Waals surface area contributed by atoms with Crippen LogP contribution in [0.25, 0.3) is 0 Å². The van der Waals surface area contributed by atoms with Crippen molar-refractivity contribution in [3.8, 4) is 0 Å². The molecule has 0 fully saturated rings. The van der Waals surface area contributed by atoms with Crippen molar-refractivity contribution in [1.82, 2.24) is 0 Å². The topological polar surface area (TPSA) is 70.6 Å². The Balaban J connectivity index is 2.26. The highest BCUT2D eigenvalue weighted by atomic mass is 127. The van der Waals surface area contributed by atoms with Crippen LogP contribution in [0.1, 0.15) is 18.0 Å². The zero-order valence-corrected chi connectivity index (χ0v) is 13.0. The first kappa shape index (κ1) is 14.6. The predicted molar refractivity (Wildman–Crippen MR) is 90.0 cm³/mol. The van der Waals surface area contributed by atoms with Gasteiger partial charge in [-0.25, -0.2) is 0 Å². The number of nitrogens with one attached hydrogen (secondary N) is 1. The fourth-order valence-electron chi connectivity index (χ4n) is 1.95. The summed E-state index contributed by atoms with van der Waals surface area (Å²) in [5, 5.41) is 15.3. The maximum atomic E-state index is 8.78. The van der Waals surface area contributed by atoms with Gasteiger partial charge in [0, 0.05) is 15.7 Å². The van der Waals surface area contributed by atoms with E-state index in [1.807, 2.05) is 54.6 Å². The zero-order chi connectivity index (χ0) is 14.4. The molecule has 0 amide bonds. The van der Waals surface area contributed by atoms with Crippen molar-refractivity contribution in [3.63, 3.8) is 0 Å². The van der Waals surface area contributed by atoms with E-state index >= 15 is 0 Å². The minimum atomic E-state index is -0.0389. The van der Waals surface area contributed by atoms with Crippen molar-refractivity contribution in [2.45, 2.75) is 12.5 Å². The largest absolute Gasteiger partial charge is 0.409 e. The monoisotopic (exact) mass is 381 g/mol. The number of nitrogens with two attached hydrogens (primary N) is 1. The maximum Gasteiger partial charge on any atom is 0.141 e. The lowest BCUT2D eigenvalue weighted by Crippen LogP contribution is -2.21. The number of benzene rings is 2. The number of nitrogens with zero attached hydrogens (tertiary/aromatic N) is 1. The van der Waals surface area contributed by atoms with Crippen LogP contribution in [0.15, 0.2) is 59.8 Å². The van der Waals surface area contributed by atoms with E-state index in [9.17, 15) is 0 Å². The molecule has 0 aliphatic carbocycles. The van der Waals surface area contributed by atoms with Gasteiger partial charge in [-0.1, -0.05) is 47.6 Å². The molecule has 0 aliphatic rings. The van der Waals surface area contributed by atoms with E-state index in [0.29, 0.717) is 6.42 Å².